The fourth-order valence-electron chi connectivity index (χ4n) is 5.51. The summed E-state index contributed by atoms with van der Waals surface area (Å²) >= 11 is 0. The molecule has 0 saturated carbocycles. The van der Waals surface area contributed by atoms with Gasteiger partial charge in [-0.05, 0) is 61.8 Å². The highest BCUT2D eigenvalue weighted by Crippen LogP contribution is 2.34. The summed E-state index contributed by atoms with van der Waals surface area (Å²) < 4.78 is 27.1. The normalized spacial score (nSPS) is 33.8. The number of nitrogens with two attached hydrogens (primary N) is 2. The molecule has 0 radical (unpaired) electrons. The van der Waals surface area contributed by atoms with E-state index >= 15 is 0 Å². The molecule has 0 aromatic heterocycles. The van der Waals surface area contributed by atoms with Gasteiger partial charge in [-0.1, -0.05) is 18.6 Å². The van der Waals surface area contributed by atoms with E-state index in [2.05, 4.69) is 9.80 Å². The van der Waals surface area contributed by atoms with Gasteiger partial charge in [0.2, 0.25) is 0 Å². The van der Waals surface area contributed by atoms with Gasteiger partial charge < -0.3 is 5.73 Å². The summed E-state index contributed by atoms with van der Waals surface area (Å²) in [6.07, 6.45) is 15.2. The van der Waals surface area contributed by atoms with Gasteiger partial charge in [0.1, 0.15) is 11.7 Å². The minimum atomic E-state index is -0.162. The first kappa shape index (κ1) is 21.8. The minimum absolute atomic E-state index is 0.0471. The Balaban J connectivity index is 1.41. The molecule has 2 fully saturated rings. The van der Waals surface area contributed by atoms with Gasteiger partial charge in [-0.15, -0.1) is 0 Å². The average molecular weight is 420 g/mol. The van der Waals surface area contributed by atoms with Crippen molar-refractivity contribution >= 4 is 0 Å². The molecule has 2 saturated heterocycles. The van der Waals surface area contributed by atoms with Gasteiger partial charge in [-0.2, -0.15) is 0 Å². The molecule has 5 nitrogen and oxygen atoms in total. The molecule has 4 rings (SSSR count). The SMILES string of the molecule is NC([C@@H]1CCCCN1N)N1CCN(C(C2C=CC(F)=CC2)C2C=CC(F)=CC2)CC1. The maximum Gasteiger partial charge on any atom is 0.118 e. The van der Waals surface area contributed by atoms with Crippen molar-refractivity contribution < 1.29 is 8.78 Å². The van der Waals surface area contributed by atoms with Gasteiger partial charge in [0, 0.05) is 38.8 Å². The molecule has 0 spiro atoms. The zero-order chi connectivity index (χ0) is 21.1. The van der Waals surface area contributed by atoms with Crippen LogP contribution in [-0.4, -0.2) is 65.8 Å². The summed E-state index contributed by atoms with van der Waals surface area (Å²) in [6.45, 7) is 4.51. The van der Waals surface area contributed by atoms with Gasteiger partial charge in [0.05, 0.1) is 12.2 Å². The van der Waals surface area contributed by atoms with Crippen LogP contribution in [0.2, 0.25) is 0 Å². The Morgan fingerprint density at radius 1 is 0.833 bits per heavy atom. The van der Waals surface area contributed by atoms with Gasteiger partial charge in [-0.3, -0.25) is 15.6 Å². The fourth-order valence-corrected chi connectivity index (χ4v) is 5.51. The van der Waals surface area contributed by atoms with E-state index in [0.29, 0.717) is 12.8 Å². The lowest BCUT2D eigenvalue weighted by atomic mass is 9.79. The number of hydrazine groups is 1. The summed E-state index contributed by atoms with van der Waals surface area (Å²) in [5.74, 6) is 6.34. The first-order valence-corrected chi connectivity index (χ1v) is 11.4. The molecule has 3 unspecified atom stereocenters. The zero-order valence-electron chi connectivity index (χ0n) is 17.7. The predicted octanol–water partition coefficient (Wildman–Crippen LogP) is 2.84. The second-order valence-corrected chi connectivity index (χ2v) is 9.05. The smallest absolute Gasteiger partial charge is 0.118 e. The quantitative estimate of drug-likeness (QED) is 0.671. The predicted molar refractivity (Wildman–Crippen MR) is 116 cm³/mol. The molecule has 0 aromatic carbocycles. The average Bonchev–Trinajstić information content (AvgIpc) is 2.77. The lowest BCUT2D eigenvalue weighted by Gasteiger charge is -2.48. The second kappa shape index (κ2) is 9.83. The Morgan fingerprint density at radius 3 is 1.90 bits per heavy atom. The van der Waals surface area contributed by atoms with E-state index in [1.54, 1.807) is 24.3 Å². The van der Waals surface area contributed by atoms with E-state index < -0.39 is 0 Å². The molecule has 0 aromatic rings. The number of piperazine rings is 1. The van der Waals surface area contributed by atoms with E-state index in [9.17, 15) is 8.78 Å². The Morgan fingerprint density at radius 2 is 1.40 bits per heavy atom. The molecule has 2 aliphatic carbocycles. The maximum absolute atomic E-state index is 13.6. The van der Waals surface area contributed by atoms with E-state index in [0.717, 1.165) is 45.6 Å². The first-order valence-electron chi connectivity index (χ1n) is 11.4. The van der Waals surface area contributed by atoms with Crippen molar-refractivity contribution in [3.05, 3.63) is 48.1 Å². The molecule has 166 valence electrons. The van der Waals surface area contributed by atoms with Crippen LogP contribution in [0.15, 0.2) is 48.1 Å². The Bertz CT molecular complexity index is 674. The van der Waals surface area contributed by atoms with Crippen LogP contribution in [-0.2, 0) is 0 Å². The van der Waals surface area contributed by atoms with Crippen molar-refractivity contribution in [1.82, 2.24) is 14.8 Å². The second-order valence-electron chi connectivity index (χ2n) is 9.05. The third-order valence-electron chi connectivity index (χ3n) is 7.23. The standard InChI is InChI=1S/C23H35F2N5/c24-19-8-4-17(5-9-19)22(18-6-10-20(25)11-7-18)28-13-15-29(16-14-28)23(26)21-3-1-2-12-30(21)27/h4,6,8-11,17-18,21-23H,1-3,5,7,12-16,26-27H2/t17?,18?,21-,22?,23?/m0/s1. The third kappa shape index (κ3) is 4.92. The molecule has 2 aliphatic heterocycles. The van der Waals surface area contributed by atoms with Crippen LogP contribution in [0.3, 0.4) is 0 Å². The molecular weight excluding hydrogens is 384 g/mol. The highest BCUT2D eigenvalue weighted by atomic mass is 19.1. The van der Waals surface area contributed by atoms with Crippen LogP contribution >= 0.6 is 0 Å². The highest BCUT2D eigenvalue weighted by molar-refractivity contribution is 5.23. The Labute approximate surface area is 178 Å². The summed E-state index contributed by atoms with van der Waals surface area (Å²) in [7, 11) is 0. The van der Waals surface area contributed by atoms with Crippen molar-refractivity contribution in [3.63, 3.8) is 0 Å². The van der Waals surface area contributed by atoms with E-state index in [4.69, 9.17) is 11.6 Å². The summed E-state index contributed by atoms with van der Waals surface area (Å²) in [5.41, 5.74) is 6.62. The molecule has 4 aliphatic rings. The molecule has 0 bridgehead atoms. The van der Waals surface area contributed by atoms with Gasteiger partial charge in [0.15, 0.2) is 0 Å². The number of halogens is 2. The van der Waals surface area contributed by atoms with Crippen molar-refractivity contribution in [2.24, 2.45) is 23.4 Å². The summed E-state index contributed by atoms with van der Waals surface area (Å²) in [6, 6.07) is 0.440. The molecular formula is C23H35F2N5. The van der Waals surface area contributed by atoms with Gasteiger partial charge in [-0.25, -0.2) is 13.8 Å². The third-order valence-corrected chi connectivity index (χ3v) is 7.23. The lowest BCUT2D eigenvalue weighted by molar-refractivity contribution is 0.00371. The van der Waals surface area contributed by atoms with Crippen LogP contribution < -0.4 is 11.6 Å². The number of nitrogens with zero attached hydrogens (tertiary/aromatic N) is 3. The molecule has 4 atom stereocenters. The Hall–Kier alpha value is -1.38. The fraction of sp³-hybridized carbons (Fsp3) is 0.652. The van der Waals surface area contributed by atoms with Crippen molar-refractivity contribution in [2.45, 2.75) is 50.4 Å². The lowest BCUT2D eigenvalue weighted by Crippen LogP contribution is -2.64. The van der Waals surface area contributed by atoms with Gasteiger partial charge >= 0.3 is 0 Å². The van der Waals surface area contributed by atoms with Crippen LogP contribution in [0.4, 0.5) is 8.78 Å². The van der Waals surface area contributed by atoms with E-state index in [-0.39, 0.29) is 41.7 Å². The summed E-state index contributed by atoms with van der Waals surface area (Å²) in [5, 5.41) is 1.92. The van der Waals surface area contributed by atoms with Crippen LogP contribution in [0.25, 0.3) is 0 Å². The van der Waals surface area contributed by atoms with Crippen LogP contribution in [0, 0.1) is 11.8 Å². The minimum Gasteiger partial charge on any atom is -0.314 e. The number of hydrogen-bond acceptors (Lipinski definition) is 5. The molecule has 7 heteroatoms. The molecule has 2 heterocycles. The van der Waals surface area contributed by atoms with Crippen LogP contribution in [0.1, 0.15) is 32.1 Å². The van der Waals surface area contributed by atoms with Crippen molar-refractivity contribution in [2.75, 3.05) is 32.7 Å². The largest absolute Gasteiger partial charge is 0.314 e. The van der Waals surface area contributed by atoms with Crippen molar-refractivity contribution in [3.8, 4) is 0 Å². The van der Waals surface area contributed by atoms with Crippen molar-refractivity contribution in [1.29, 1.82) is 0 Å². The monoisotopic (exact) mass is 419 g/mol. The number of rotatable bonds is 5. The molecule has 30 heavy (non-hydrogen) atoms. The van der Waals surface area contributed by atoms with E-state index in [1.165, 1.54) is 6.42 Å². The highest BCUT2D eigenvalue weighted by Gasteiger charge is 2.37. The summed E-state index contributed by atoms with van der Waals surface area (Å²) in [4.78, 5) is 4.86. The maximum atomic E-state index is 13.6. The topological polar surface area (TPSA) is 61.8 Å². The number of piperidine rings is 1. The number of allylic oxidation sites excluding steroid dienone is 6. The van der Waals surface area contributed by atoms with Crippen LogP contribution in [0.5, 0.6) is 0 Å². The van der Waals surface area contributed by atoms with Gasteiger partial charge in [0.25, 0.3) is 0 Å². The molecule has 0 amide bonds. The zero-order valence-corrected chi connectivity index (χ0v) is 17.7. The first-order chi connectivity index (χ1) is 14.5. The Kier molecular flexibility index (Phi) is 7.16. The van der Waals surface area contributed by atoms with E-state index in [1.807, 2.05) is 17.2 Å². The number of hydrogen-bond donors (Lipinski definition) is 2. The molecule has 4 N–H and O–H groups in total.